The summed E-state index contributed by atoms with van der Waals surface area (Å²) in [6.45, 7) is 2.36. The van der Waals surface area contributed by atoms with E-state index in [1.54, 1.807) is 24.4 Å². The molecule has 0 aliphatic carbocycles. The van der Waals surface area contributed by atoms with Gasteiger partial charge in [-0.15, -0.1) is 0 Å². The van der Waals surface area contributed by atoms with E-state index >= 15 is 0 Å². The van der Waals surface area contributed by atoms with Crippen molar-refractivity contribution in [1.29, 1.82) is 0 Å². The van der Waals surface area contributed by atoms with E-state index in [1.807, 2.05) is 0 Å². The van der Waals surface area contributed by atoms with Gasteiger partial charge < -0.3 is 4.74 Å². The molecule has 3 rings (SSSR count). The van der Waals surface area contributed by atoms with Crippen molar-refractivity contribution in [3.8, 4) is 0 Å². The summed E-state index contributed by atoms with van der Waals surface area (Å²) in [7, 11) is 0. The number of pyridine rings is 2. The zero-order valence-corrected chi connectivity index (χ0v) is 14.6. The Kier molecular flexibility index (Phi) is 4.77. The van der Waals surface area contributed by atoms with Gasteiger partial charge in [-0.25, -0.2) is 14.9 Å². The number of carbonyl (C=O) groups is 3. The first-order valence-electron chi connectivity index (χ1n) is 7.56. The molecular weight excluding hydrogens is 360 g/mol. The van der Waals surface area contributed by atoms with Crippen molar-refractivity contribution >= 4 is 40.8 Å². The summed E-state index contributed by atoms with van der Waals surface area (Å²) in [4.78, 5) is 49.9. The third-order valence-electron chi connectivity index (χ3n) is 3.48. The van der Waals surface area contributed by atoms with Gasteiger partial charge in [-0.1, -0.05) is 17.7 Å². The zero-order chi connectivity index (χ0) is 18.8. The van der Waals surface area contributed by atoms with Crippen LogP contribution in [-0.2, 0) is 19.1 Å². The molecule has 0 fully saturated rings. The van der Waals surface area contributed by atoms with Crippen LogP contribution in [0.5, 0.6) is 0 Å². The Hall–Kier alpha value is -3.13. The molecule has 0 N–H and O–H groups in total. The molecule has 0 saturated heterocycles. The fraction of sp³-hybridized carbons (Fsp3) is 0.176. The molecule has 0 spiro atoms. The molecule has 26 heavy (non-hydrogen) atoms. The summed E-state index contributed by atoms with van der Waals surface area (Å²) in [5, 5.41) is 0.147. The Balaban J connectivity index is 2.29. The van der Waals surface area contributed by atoms with E-state index in [0.29, 0.717) is 5.69 Å². The van der Waals surface area contributed by atoms with E-state index in [4.69, 9.17) is 16.3 Å². The van der Waals surface area contributed by atoms with Gasteiger partial charge in [0.15, 0.2) is 0 Å². The monoisotopic (exact) mass is 372 g/mol. The second-order valence-corrected chi connectivity index (χ2v) is 5.74. The Morgan fingerprint density at radius 3 is 2.58 bits per heavy atom. The first-order chi connectivity index (χ1) is 12.4. The maximum atomic E-state index is 12.8. The van der Waals surface area contributed by atoms with E-state index in [1.165, 1.54) is 19.1 Å². The summed E-state index contributed by atoms with van der Waals surface area (Å²) >= 11 is 6.01. The number of aliphatic imine (C=N–C) groups is 1. The van der Waals surface area contributed by atoms with Crippen LogP contribution in [0, 0.1) is 0 Å². The number of carbonyl (C=O) groups excluding carboxylic acids is 3. The van der Waals surface area contributed by atoms with Crippen LogP contribution in [0.2, 0.25) is 5.15 Å². The molecule has 132 valence electrons. The van der Waals surface area contributed by atoms with Gasteiger partial charge in [-0.3, -0.25) is 19.4 Å². The number of aromatic nitrogens is 2. The molecule has 1 atom stereocenters. The predicted molar refractivity (Wildman–Crippen MR) is 92.8 cm³/mol. The number of fused-ring (bicyclic) bond motifs is 1. The molecule has 0 radical (unpaired) electrons. The first kappa shape index (κ1) is 17.7. The molecular formula is C17H13ClN4O4. The van der Waals surface area contributed by atoms with Crippen molar-refractivity contribution in [2.45, 2.75) is 20.1 Å². The lowest BCUT2D eigenvalue weighted by Crippen LogP contribution is -2.42. The summed E-state index contributed by atoms with van der Waals surface area (Å²) in [6.07, 6.45) is -0.000342. The van der Waals surface area contributed by atoms with Crippen molar-refractivity contribution in [2.75, 3.05) is 4.90 Å². The molecule has 8 nitrogen and oxygen atoms in total. The van der Waals surface area contributed by atoms with E-state index in [2.05, 4.69) is 15.0 Å². The summed E-state index contributed by atoms with van der Waals surface area (Å²) < 4.78 is 5.02. The minimum Gasteiger partial charge on any atom is -0.430 e. The summed E-state index contributed by atoms with van der Waals surface area (Å²) in [5.41, 5.74) is 0.950. The number of rotatable bonds is 2. The van der Waals surface area contributed by atoms with E-state index in [-0.39, 0.29) is 22.2 Å². The highest BCUT2D eigenvalue weighted by Crippen LogP contribution is 2.28. The van der Waals surface area contributed by atoms with Crippen LogP contribution in [0.25, 0.3) is 0 Å². The van der Waals surface area contributed by atoms with Crippen molar-refractivity contribution in [2.24, 2.45) is 4.99 Å². The Morgan fingerprint density at radius 2 is 1.96 bits per heavy atom. The highest BCUT2D eigenvalue weighted by molar-refractivity contribution is 6.30. The van der Waals surface area contributed by atoms with Gasteiger partial charge in [0.1, 0.15) is 16.6 Å². The van der Waals surface area contributed by atoms with E-state index in [9.17, 15) is 14.4 Å². The van der Waals surface area contributed by atoms with Gasteiger partial charge in [-0.05, 0) is 24.3 Å². The Morgan fingerprint density at radius 1 is 1.19 bits per heavy atom. The number of ether oxygens (including phenoxy) is 1. The van der Waals surface area contributed by atoms with Gasteiger partial charge >= 0.3 is 5.97 Å². The van der Waals surface area contributed by atoms with Gasteiger partial charge in [-0.2, -0.15) is 0 Å². The lowest BCUT2D eigenvalue weighted by molar-refractivity contribution is -0.152. The molecule has 0 bridgehead atoms. The Labute approximate surface area is 153 Å². The summed E-state index contributed by atoms with van der Waals surface area (Å²) in [6, 6.07) is 8.03. The Bertz CT molecular complexity index is 930. The second-order valence-electron chi connectivity index (χ2n) is 5.35. The number of hydrogen-bond acceptors (Lipinski definition) is 7. The SMILES string of the molecule is CC(=O)OC1N=C(c2ccccn2)c2nc(Cl)ccc2N(C(C)=O)C1=O. The standard InChI is InChI=1S/C17H13ClN4O4/c1-9(23)22-12-6-7-13(18)20-15(12)14(11-5-3-4-8-19-11)21-16(17(22)25)26-10(2)24/h3-8,16H,1-2H3. The minimum absolute atomic E-state index is 0.147. The molecule has 1 aliphatic rings. The van der Waals surface area contributed by atoms with Gasteiger partial charge in [0.25, 0.3) is 12.1 Å². The summed E-state index contributed by atoms with van der Waals surface area (Å²) in [5.74, 6) is -2.09. The number of anilines is 1. The molecule has 1 aliphatic heterocycles. The number of imide groups is 1. The fourth-order valence-corrected chi connectivity index (χ4v) is 2.64. The normalized spacial score (nSPS) is 16.4. The van der Waals surface area contributed by atoms with E-state index < -0.39 is 24.0 Å². The number of hydrogen-bond donors (Lipinski definition) is 0. The highest BCUT2D eigenvalue weighted by Gasteiger charge is 2.37. The van der Waals surface area contributed by atoms with Crippen molar-refractivity contribution < 1.29 is 19.1 Å². The van der Waals surface area contributed by atoms with Crippen molar-refractivity contribution in [1.82, 2.24) is 9.97 Å². The average Bonchev–Trinajstić information content (AvgIpc) is 2.70. The van der Waals surface area contributed by atoms with Crippen LogP contribution in [0.4, 0.5) is 5.69 Å². The first-order valence-corrected chi connectivity index (χ1v) is 7.94. The molecule has 2 aromatic heterocycles. The molecule has 1 unspecified atom stereocenters. The molecule has 0 aromatic carbocycles. The van der Waals surface area contributed by atoms with Crippen LogP contribution in [0.1, 0.15) is 25.2 Å². The molecule has 9 heteroatoms. The topological polar surface area (TPSA) is 102 Å². The quantitative estimate of drug-likeness (QED) is 0.588. The average molecular weight is 373 g/mol. The zero-order valence-electron chi connectivity index (χ0n) is 13.8. The van der Waals surface area contributed by atoms with Crippen LogP contribution in [0.15, 0.2) is 41.5 Å². The second kappa shape index (κ2) is 7.01. The number of esters is 1. The highest BCUT2D eigenvalue weighted by atomic mass is 35.5. The fourth-order valence-electron chi connectivity index (χ4n) is 2.49. The maximum absolute atomic E-state index is 12.8. The molecule has 2 amide bonds. The minimum atomic E-state index is -1.54. The third kappa shape index (κ3) is 3.31. The van der Waals surface area contributed by atoms with E-state index in [0.717, 1.165) is 11.8 Å². The maximum Gasteiger partial charge on any atom is 0.305 e. The molecule has 0 saturated carbocycles. The van der Waals surface area contributed by atoms with Crippen LogP contribution >= 0.6 is 11.6 Å². The van der Waals surface area contributed by atoms with Gasteiger partial charge in [0.2, 0.25) is 5.91 Å². The lowest BCUT2D eigenvalue weighted by atomic mass is 10.1. The van der Waals surface area contributed by atoms with Crippen molar-refractivity contribution in [3.63, 3.8) is 0 Å². The van der Waals surface area contributed by atoms with Gasteiger partial charge in [0.05, 0.1) is 11.4 Å². The molecule has 2 aromatic rings. The van der Waals surface area contributed by atoms with Crippen LogP contribution < -0.4 is 4.90 Å². The smallest absolute Gasteiger partial charge is 0.305 e. The lowest BCUT2D eigenvalue weighted by Gasteiger charge is -2.21. The third-order valence-corrected chi connectivity index (χ3v) is 3.69. The van der Waals surface area contributed by atoms with Crippen LogP contribution in [0.3, 0.4) is 0 Å². The van der Waals surface area contributed by atoms with Crippen molar-refractivity contribution in [3.05, 3.63) is 53.1 Å². The van der Waals surface area contributed by atoms with Crippen LogP contribution in [-0.4, -0.2) is 39.7 Å². The predicted octanol–water partition coefficient (Wildman–Crippen LogP) is 1.75. The number of halogens is 1. The number of amides is 2. The largest absolute Gasteiger partial charge is 0.430 e. The van der Waals surface area contributed by atoms with Gasteiger partial charge in [0, 0.05) is 20.0 Å². The number of nitrogens with zero attached hydrogens (tertiary/aromatic N) is 4. The molecule has 3 heterocycles.